The lowest BCUT2D eigenvalue weighted by molar-refractivity contribution is -0.120. The van der Waals surface area contributed by atoms with Gasteiger partial charge in [-0.3, -0.25) is 14.4 Å². The molecule has 0 radical (unpaired) electrons. The average molecular weight is 614 g/mol. The van der Waals surface area contributed by atoms with Gasteiger partial charge in [-0.1, -0.05) is 18.2 Å². The van der Waals surface area contributed by atoms with Crippen molar-refractivity contribution in [3.63, 3.8) is 0 Å². The minimum Gasteiger partial charge on any atom is -0.493 e. The SMILES string of the molecule is COc1cc2c(c(OC)c1OC)-c1ccc(NCC(=O)NCc3nc4ccccc4n3C(C)C)c(=O)cc1[C@@H](NC(C)=O)CC2. The van der Waals surface area contributed by atoms with Crippen molar-refractivity contribution in [2.75, 3.05) is 33.2 Å². The number of fused-ring (bicyclic) bond motifs is 4. The molecule has 1 aromatic heterocycles. The van der Waals surface area contributed by atoms with Gasteiger partial charge in [0.25, 0.3) is 0 Å². The highest BCUT2D eigenvalue weighted by atomic mass is 16.5. The number of rotatable bonds is 10. The maximum Gasteiger partial charge on any atom is 0.239 e. The number of benzene rings is 2. The van der Waals surface area contributed by atoms with Crippen LogP contribution >= 0.6 is 0 Å². The Morgan fingerprint density at radius 1 is 1.02 bits per heavy atom. The number of aromatic nitrogens is 2. The van der Waals surface area contributed by atoms with E-state index in [1.54, 1.807) is 20.3 Å². The number of para-hydroxylation sites is 2. The lowest BCUT2D eigenvalue weighted by Crippen LogP contribution is -2.31. The Morgan fingerprint density at radius 3 is 2.47 bits per heavy atom. The smallest absolute Gasteiger partial charge is 0.239 e. The number of carbonyl (C=O) groups excluding carboxylic acids is 2. The third kappa shape index (κ3) is 6.29. The fraction of sp³-hybridized carbons (Fsp3) is 0.353. The predicted molar refractivity (Wildman–Crippen MR) is 173 cm³/mol. The summed E-state index contributed by atoms with van der Waals surface area (Å²) in [6.07, 6.45) is 1.15. The molecule has 5 rings (SSSR count). The van der Waals surface area contributed by atoms with Gasteiger partial charge in [0.1, 0.15) is 5.82 Å². The average Bonchev–Trinajstić information content (AvgIpc) is 3.24. The molecule has 0 saturated carbocycles. The summed E-state index contributed by atoms with van der Waals surface area (Å²) in [6.45, 7) is 5.73. The molecule has 1 heterocycles. The Hall–Kier alpha value is -5.06. The number of methoxy groups -OCH3 is 3. The van der Waals surface area contributed by atoms with Gasteiger partial charge >= 0.3 is 0 Å². The second-order valence-corrected chi connectivity index (χ2v) is 11.2. The minimum absolute atomic E-state index is 0.119. The first kappa shape index (κ1) is 31.4. The zero-order valence-corrected chi connectivity index (χ0v) is 26.4. The van der Waals surface area contributed by atoms with E-state index in [2.05, 4.69) is 34.4 Å². The molecule has 1 aliphatic rings. The molecule has 2 amide bonds. The molecule has 11 nitrogen and oxygen atoms in total. The molecule has 1 aliphatic carbocycles. The number of hydrogen-bond donors (Lipinski definition) is 3. The van der Waals surface area contributed by atoms with Crippen molar-refractivity contribution >= 4 is 28.5 Å². The first-order valence-corrected chi connectivity index (χ1v) is 14.9. The van der Waals surface area contributed by atoms with E-state index in [9.17, 15) is 14.4 Å². The molecule has 236 valence electrons. The molecule has 0 unspecified atom stereocenters. The van der Waals surface area contributed by atoms with E-state index in [4.69, 9.17) is 19.2 Å². The Balaban J connectivity index is 1.45. The first-order chi connectivity index (χ1) is 21.7. The topological polar surface area (TPSA) is 133 Å². The first-order valence-electron chi connectivity index (χ1n) is 14.9. The Kier molecular flexibility index (Phi) is 9.26. The second kappa shape index (κ2) is 13.3. The van der Waals surface area contributed by atoms with E-state index in [0.29, 0.717) is 41.2 Å². The number of nitrogens with one attached hydrogen (secondary N) is 3. The highest BCUT2D eigenvalue weighted by Gasteiger charge is 2.29. The summed E-state index contributed by atoms with van der Waals surface area (Å²) in [5, 5.41) is 8.92. The van der Waals surface area contributed by atoms with E-state index in [-0.39, 0.29) is 42.1 Å². The molecule has 0 aliphatic heterocycles. The van der Waals surface area contributed by atoms with Gasteiger partial charge in [0.15, 0.2) is 11.5 Å². The van der Waals surface area contributed by atoms with Crippen molar-refractivity contribution < 1.29 is 23.8 Å². The molecule has 11 heteroatoms. The molecule has 0 saturated heterocycles. The molecule has 45 heavy (non-hydrogen) atoms. The van der Waals surface area contributed by atoms with Crippen LogP contribution in [0.5, 0.6) is 17.2 Å². The van der Waals surface area contributed by atoms with Crippen molar-refractivity contribution in [1.82, 2.24) is 20.2 Å². The molecule has 0 fully saturated rings. The number of imidazole rings is 1. The zero-order chi connectivity index (χ0) is 32.2. The molecule has 0 bridgehead atoms. The second-order valence-electron chi connectivity index (χ2n) is 11.2. The van der Waals surface area contributed by atoms with Gasteiger partial charge in [-0.05, 0) is 73.7 Å². The van der Waals surface area contributed by atoms with Crippen LogP contribution in [0.15, 0.2) is 53.3 Å². The Labute approximate surface area is 261 Å². The van der Waals surface area contributed by atoms with Crippen LogP contribution < -0.4 is 35.6 Å². The standard InChI is InChI=1S/C34H39N5O6/c1-19(2)39-27-10-8-7-9-25(27)38-30(39)17-36-31(42)18-35-26-14-12-22-23(16-28(26)41)24(37-20(3)40)13-11-21-15-29(43-4)33(44-5)34(45-6)32(21)22/h7-10,12,14-16,19,24H,11,13,17-18H2,1-6H3,(H,35,41)(H,36,42)(H,37,40)/t24-/m0/s1. The van der Waals surface area contributed by atoms with Crippen molar-refractivity contribution in [3.8, 4) is 28.4 Å². The van der Waals surface area contributed by atoms with E-state index < -0.39 is 6.04 Å². The number of nitrogens with zero attached hydrogens (tertiary/aromatic N) is 2. The highest BCUT2D eigenvalue weighted by molar-refractivity contribution is 5.84. The molecule has 1 atom stereocenters. The van der Waals surface area contributed by atoms with Gasteiger partial charge < -0.3 is 34.7 Å². The number of anilines is 1. The van der Waals surface area contributed by atoms with E-state index in [1.807, 2.05) is 36.4 Å². The summed E-state index contributed by atoms with van der Waals surface area (Å²) < 4.78 is 19.2. The molecule has 3 aromatic carbocycles. The number of hydrogen-bond acceptors (Lipinski definition) is 8. The van der Waals surface area contributed by atoms with Crippen LogP contribution in [0.3, 0.4) is 0 Å². The zero-order valence-electron chi connectivity index (χ0n) is 26.4. The van der Waals surface area contributed by atoms with Crippen LogP contribution in [-0.2, 0) is 22.6 Å². The van der Waals surface area contributed by atoms with Gasteiger partial charge in [-0.2, -0.15) is 0 Å². The summed E-state index contributed by atoms with van der Waals surface area (Å²) in [4.78, 5) is 43.4. The van der Waals surface area contributed by atoms with E-state index >= 15 is 0 Å². The third-order valence-corrected chi connectivity index (χ3v) is 7.98. The third-order valence-electron chi connectivity index (χ3n) is 7.98. The molecule has 4 aromatic rings. The van der Waals surface area contributed by atoms with Crippen LogP contribution in [0, 0.1) is 0 Å². The van der Waals surface area contributed by atoms with Crippen molar-refractivity contribution in [2.45, 2.75) is 52.2 Å². The van der Waals surface area contributed by atoms with Gasteiger partial charge in [-0.15, -0.1) is 0 Å². The predicted octanol–water partition coefficient (Wildman–Crippen LogP) is 4.52. The Morgan fingerprint density at radius 2 is 1.78 bits per heavy atom. The van der Waals surface area contributed by atoms with Crippen molar-refractivity contribution in [1.29, 1.82) is 0 Å². The lowest BCUT2D eigenvalue weighted by Gasteiger charge is -2.19. The van der Waals surface area contributed by atoms with Gasteiger partial charge in [-0.25, -0.2) is 4.98 Å². The summed E-state index contributed by atoms with van der Waals surface area (Å²) in [5.74, 6) is 1.68. The number of amides is 2. The normalized spacial score (nSPS) is 13.8. The van der Waals surface area contributed by atoms with E-state index in [0.717, 1.165) is 28.0 Å². The largest absolute Gasteiger partial charge is 0.493 e. The Bertz CT molecular complexity index is 1820. The number of ether oxygens (including phenoxy) is 3. The molecule has 0 spiro atoms. The molecular weight excluding hydrogens is 574 g/mol. The van der Waals surface area contributed by atoms with Gasteiger partial charge in [0.2, 0.25) is 23.0 Å². The van der Waals surface area contributed by atoms with Crippen LogP contribution in [-0.4, -0.2) is 49.2 Å². The summed E-state index contributed by atoms with van der Waals surface area (Å²) in [5.41, 5.74) is 4.84. The van der Waals surface area contributed by atoms with E-state index in [1.165, 1.54) is 20.1 Å². The maximum absolute atomic E-state index is 13.5. The molecular formula is C34H39N5O6. The maximum atomic E-state index is 13.5. The number of aryl methyl sites for hydroxylation is 1. The van der Waals surface area contributed by atoms with Crippen LogP contribution in [0.4, 0.5) is 5.69 Å². The summed E-state index contributed by atoms with van der Waals surface area (Å²) in [6, 6.07) is 14.5. The van der Waals surface area contributed by atoms with Crippen LogP contribution in [0.1, 0.15) is 56.2 Å². The monoisotopic (exact) mass is 613 g/mol. The van der Waals surface area contributed by atoms with Gasteiger partial charge in [0, 0.05) is 18.5 Å². The fourth-order valence-electron chi connectivity index (χ4n) is 6.06. The fourth-order valence-corrected chi connectivity index (χ4v) is 6.06. The summed E-state index contributed by atoms with van der Waals surface area (Å²) >= 11 is 0. The minimum atomic E-state index is -0.428. The van der Waals surface area contributed by atoms with Gasteiger partial charge in [0.05, 0.1) is 57.2 Å². The lowest BCUT2D eigenvalue weighted by atomic mass is 9.95. The quantitative estimate of drug-likeness (QED) is 0.238. The van der Waals surface area contributed by atoms with Crippen molar-refractivity contribution in [3.05, 3.63) is 75.7 Å². The van der Waals surface area contributed by atoms with Crippen LogP contribution in [0.25, 0.3) is 22.2 Å². The van der Waals surface area contributed by atoms with Crippen LogP contribution in [0.2, 0.25) is 0 Å². The molecule has 3 N–H and O–H groups in total. The summed E-state index contributed by atoms with van der Waals surface area (Å²) in [7, 11) is 4.65. The highest BCUT2D eigenvalue weighted by Crippen LogP contribution is 2.50. The number of carbonyl (C=O) groups is 2. The van der Waals surface area contributed by atoms with Crippen molar-refractivity contribution in [2.24, 2.45) is 0 Å².